The lowest BCUT2D eigenvalue weighted by Gasteiger charge is -1.99. The molecule has 1 aromatic rings. The van der Waals surface area contributed by atoms with Gasteiger partial charge in [-0.2, -0.15) is 0 Å². The normalized spacial score (nSPS) is 9.92. The number of nitrogens with one attached hydrogen (secondary N) is 2. The van der Waals surface area contributed by atoms with E-state index in [4.69, 9.17) is 11.1 Å². The van der Waals surface area contributed by atoms with E-state index in [0.717, 1.165) is 0 Å². The van der Waals surface area contributed by atoms with Crippen LogP contribution in [0.3, 0.4) is 0 Å². The van der Waals surface area contributed by atoms with Crippen LogP contribution in [0.1, 0.15) is 5.69 Å². The Hall–Kier alpha value is -1.30. The van der Waals surface area contributed by atoms with Crippen molar-refractivity contribution in [3.8, 4) is 0 Å². The first-order valence-electron chi connectivity index (χ1n) is 3.61. The summed E-state index contributed by atoms with van der Waals surface area (Å²) in [6.45, 7) is 1.74. The Morgan fingerprint density at radius 3 is 3.08 bits per heavy atom. The summed E-state index contributed by atoms with van der Waals surface area (Å²) in [5, 5.41) is 7.49. The maximum absolute atomic E-state index is 11.0. The molecule has 1 heterocycles. The van der Waals surface area contributed by atoms with Crippen LogP contribution in [0.5, 0.6) is 0 Å². The molecule has 1 rings (SSSR count). The van der Waals surface area contributed by atoms with Gasteiger partial charge in [-0.3, -0.25) is 10.2 Å². The monoisotopic (exact) mass is 198 g/mol. The second-order valence-corrected chi connectivity index (χ2v) is 3.47. The number of hydrogen-bond acceptors (Lipinski definition) is 4. The third-order valence-electron chi connectivity index (χ3n) is 1.21. The highest BCUT2D eigenvalue weighted by Gasteiger charge is 1.99. The van der Waals surface area contributed by atoms with Crippen molar-refractivity contribution in [1.82, 2.24) is 9.97 Å². The van der Waals surface area contributed by atoms with Crippen LogP contribution in [0, 0.1) is 12.3 Å². The summed E-state index contributed by atoms with van der Waals surface area (Å²) < 4.78 is 0. The van der Waals surface area contributed by atoms with Crippen molar-refractivity contribution in [2.24, 2.45) is 5.73 Å². The molecule has 70 valence electrons. The Bertz CT molecular complexity index is 373. The third kappa shape index (κ3) is 3.29. The molecule has 13 heavy (non-hydrogen) atoms. The van der Waals surface area contributed by atoms with Crippen molar-refractivity contribution in [3.63, 3.8) is 0 Å². The fraction of sp³-hybridized carbons (Fsp3) is 0.286. The molecule has 0 aromatic carbocycles. The molecule has 0 radical (unpaired) electrons. The minimum atomic E-state index is -0.182. The zero-order valence-corrected chi connectivity index (χ0v) is 7.94. The van der Waals surface area contributed by atoms with Crippen molar-refractivity contribution in [2.75, 3.05) is 5.75 Å². The van der Waals surface area contributed by atoms with Crippen LogP contribution in [0.4, 0.5) is 0 Å². The van der Waals surface area contributed by atoms with Gasteiger partial charge >= 0.3 is 0 Å². The van der Waals surface area contributed by atoms with E-state index in [0.29, 0.717) is 16.6 Å². The van der Waals surface area contributed by atoms with E-state index in [2.05, 4.69) is 9.97 Å². The summed E-state index contributed by atoms with van der Waals surface area (Å²) >= 11 is 1.24. The first kappa shape index (κ1) is 9.79. The molecule has 0 spiro atoms. The second kappa shape index (κ2) is 4.08. The fourth-order valence-electron chi connectivity index (χ4n) is 0.766. The molecule has 1 aromatic heterocycles. The van der Waals surface area contributed by atoms with Crippen molar-refractivity contribution < 1.29 is 0 Å². The highest BCUT2D eigenvalue weighted by atomic mass is 32.2. The Kier molecular flexibility index (Phi) is 3.07. The summed E-state index contributed by atoms with van der Waals surface area (Å²) in [6, 6.07) is 1.41. The van der Waals surface area contributed by atoms with Crippen LogP contribution in [-0.2, 0) is 0 Å². The Morgan fingerprint density at radius 1 is 1.85 bits per heavy atom. The lowest BCUT2D eigenvalue weighted by atomic mass is 10.5. The summed E-state index contributed by atoms with van der Waals surface area (Å²) in [7, 11) is 0. The zero-order valence-electron chi connectivity index (χ0n) is 7.13. The average molecular weight is 198 g/mol. The topological polar surface area (TPSA) is 95.6 Å². The predicted molar refractivity (Wildman–Crippen MR) is 52.2 cm³/mol. The largest absolute Gasteiger partial charge is 0.387 e. The average Bonchev–Trinajstić information content (AvgIpc) is 1.99. The van der Waals surface area contributed by atoms with Gasteiger partial charge in [-0.25, -0.2) is 4.98 Å². The Labute approximate surface area is 79.3 Å². The van der Waals surface area contributed by atoms with E-state index in [9.17, 15) is 4.79 Å². The predicted octanol–water partition coefficient (Wildman–Crippen LogP) is 0.106. The molecule has 0 aliphatic carbocycles. The second-order valence-electron chi connectivity index (χ2n) is 2.51. The molecule has 0 aliphatic heterocycles. The van der Waals surface area contributed by atoms with Crippen LogP contribution in [-0.4, -0.2) is 21.6 Å². The molecule has 4 N–H and O–H groups in total. The highest BCUT2D eigenvalue weighted by molar-refractivity contribution is 7.99. The first-order chi connectivity index (χ1) is 6.08. The van der Waals surface area contributed by atoms with Crippen molar-refractivity contribution >= 4 is 17.6 Å². The van der Waals surface area contributed by atoms with Crippen molar-refractivity contribution in [2.45, 2.75) is 12.1 Å². The molecule has 0 saturated carbocycles. The smallest absolute Gasteiger partial charge is 0.251 e. The lowest BCUT2D eigenvalue weighted by molar-refractivity contribution is 0.907. The maximum atomic E-state index is 11.0. The quantitative estimate of drug-likeness (QED) is 0.278. The molecule has 5 nitrogen and oxygen atoms in total. The lowest BCUT2D eigenvalue weighted by Crippen LogP contribution is -2.14. The number of nitrogens with zero attached hydrogens (tertiary/aromatic N) is 1. The number of thioether (sulfide) groups is 1. The van der Waals surface area contributed by atoms with Crippen LogP contribution in [0.2, 0.25) is 0 Å². The number of rotatable bonds is 3. The standard InChI is InChI=1S/C7H10N4OS/c1-4-2-6(12)11-7(10-4)13-3-5(8)9/h2H,3H2,1H3,(H3,8,9)(H,10,11,12). The van der Waals surface area contributed by atoms with E-state index >= 15 is 0 Å². The van der Waals surface area contributed by atoms with Gasteiger partial charge in [0.2, 0.25) is 0 Å². The van der Waals surface area contributed by atoms with Gasteiger partial charge in [-0.1, -0.05) is 11.8 Å². The van der Waals surface area contributed by atoms with Gasteiger partial charge in [0.1, 0.15) is 5.84 Å². The van der Waals surface area contributed by atoms with Gasteiger partial charge in [0.25, 0.3) is 5.56 Å². The van der Waals surface area contributed by atoms with Crippen molar-refractivity contribution in [1.29, 1.82) is 5.41 Å². The minimum absolute atomic E-state index is 0.0640. The fourth-order valence-corrected chi connectivity index (χ4v) is 1.44. The van der Waals surface area contributed by atoms with E-state index in [1.165, 1.54) is 17.8 Å². The first-order valence-corrected chi connectivity index (χ1v) is 4.60. The van der Waals surface area contributed by atoms with Gasteiger partial charge in [-0.15, -0.1) is 0 Å². The molecule has 0 atom stereocenters. The number of amidine groups is 1. The van der Waals surface area contributed by atoms with Gasteiger partial charge < -0.3 is 10.7 Å². The van der Waals surface area contributed by atoms with Crippen LogP contribution in [0.15, 0.2) is 16.0 Å². The number of aryl methyl sites for hydroxylation is 1. The molecular formula is C7H10N4OS. The van der Waals surface area contributed by atoms with Crippen molar-refractivity contribution in [3.05, 3.63) is 22.1 Å². The van der Waals surface area contributed by atoms with Crippen LogP contribution < -0.4 is 11.3 Å². The molecule has 0 amide bonds. The number of aromatic amines is 1. The SMILES string of the molecule is Cc1cc(=O)[nH]c(SCC(=N)N)n1. The number of nitrogens with two attached hydrogens (primary N) is 1. The van der Waals surface area contributed by atoms with E-state index in [1.807, 2.05) is 0 Å². The highest BCUT2D eigenvalue weighted by Crippen LogP contribution is 2.09. The van der Waals surface area contributed by atoms with E-state index in [1.54, 1.807) is 6.92 Å². The molecule has 0 unspecified atom stereocenters. The number of aromatic nitrogens is 2. The molecule has 0 saturated heterocycles. The summed E-state index contributed by atoms with van der Waals surface area (Å²) in [5.41, 5.74) is 5.64. The van der Waals surface area contributed by atoms with Gasteiger partial charge in [-0.05, 0) is 6.92 Å². The summed E-state index contributed by atoms with van der Waals surface area (Å²) in [5.74, 6) is 0.404. The van der Waals surface area contributed by atoms with E-state index < -0.39 is 0 Å². The Morgan fingerprint density at radius 2 is 2.54 bits per heavy atom. The molecule has 0 aliphatic rings. The van der Waals surface area contributed by atoms with Gasteiger partial charge in [0.05, 0.1) is 5.75 Å². The molecule has 0 fully saturated rings. The number of hydrogen-bond donors (Lipinski definition) is 3. The van der Waals surface area contributed by atoms with E-state index in [-0.39, 0.29) is 11.4 Å². The van der Waals surface area contributed by atoms with Gasteiger partial charge in [0.15, 0.2) is 5.16 Å². The minimum Gasteiger partial charge on any atom is -0.387 e. The Balaban J connectivity index is 2.77. The van der Waals surface area contributed by atoms with Gasteiger partial charge in [0, 0.05) is 11.8 Å². The summed E-state index contributed by atoms with van der Waals surface area (Å²) in [4.78, 5) is 17.6. The maximum Gasteiger partial charge on any atom is 0.251 e. The van der Waals surface area contributed by atoms with Crippen LogP contribution in [0.25, 0.3) is 0 Å². The number of H-pyrrole nitrogens is 1. The summed E-state index contributed by atoms with van der Waals surface area (Å²) in [6.07, 6.45) is 0. The molecule has 0 bridgehead atoms. The molecular weight excluding hydrogens is 188 g/mol. The third-order valence-corrected chi connectivity index (χ3v) is 2.13. The molecule has 6 heteroatoms. The van der Waals surface area contributed by atoms with Crippen LogP contribution >= 0.6 is 11.8 Å². The zero-order chi connectivity index (χ0) is 9.84.